The van der Waals surface area contributed by atoms with Gasteiger partial charge in [0.05, 0.1) is 15.6 Å². The van der Waals surface area contributed by atoms with Crippen LogP contribution in [0.25, 0.3) is 5.70 Å². The first-order valence-electron chi connectivity index (χ1n) is 5.63. The Balaban J connectivity index is 1.81. The van der Waals surface area contributed by atoms with Gasteiger partial charge in [-0.25, -0.2) is 13.8 Å². The van der Waals surface area contributed by atoms with Crippen LogP contribution < -0.4 is 5.32 Å². The van der Waals surface area contributed by atoms with E-state index in [9.17, 15) is 8.78 Å². The van der Waals surface area contributed by atoms with E-state index in [-0.39, 0.29) is 5.37 Å². The maximum Gasteiger partial charge on any atom is 0.135 e. The second kappa shape index (κ2) is 4.94. The lowest BCUT2D eigenvalue weighted by molar-refractivity contribution is 0.580. The van der Waals surface area contributed by atoms with E-state index in [1.165, 1.54) is 12.1 Å². The molecule has 1 aliphatic heterocycles. The highest BCUT2D eigenvalue weighted by Gasteiger charge is 2.22. The molecule has 1 unspecified atom stereocenters. The first-order chi connectivity index (χ1) is 9.13. The van der Waals surface area contributed by atoms with Gasteiger partial charge in [-0.1, -0.05) is 0 Å². The van der Waals surface area contributed by atoms with Gasteiger partial charge in [0.15, 0.2) is 0 Å². The molecule has 1 aliphatic rings. The highest BCUT2D eigenvalue weighted by Crippen LogP contribution is 2.39. The standard InChI is InChI=1S/C13H10F2N2S2/c1-7-16-5-12(19-7)13-17-11(6-18-13)9-3-2-8(14)4-10(9)15/h2-6,13,17H,1H3. The smallest absolute Gasteiger partial charge is 0.135 e. The predicted molar refractivity (Wildman–Crippen MR) is 74.7 cm³/mol. The summed E-state index contributed by atoms with van der Waals surface area (Å²) in [6, 6.07) is 3.60. The van der Waals surface area contributed by atoms with Crippen molar-refractivity contribution >= 4 is 28.8 Å². The van der Waals surface area contributed by atoms with Gasteiger partial charge in [-0.05, 0) is 24.5 Å². The number of thioether (sulfide) groups is 1. The maximum atomic E-state index is 13.7. The summed E-state index contributed by atoms with van der Waals surface area (Å²) in [6.07, 6.45) is 1.82. The zero-order valence-electron chi connectivity index (χ0n) is 9.98. The van der Waals surface area contributed by atoms with Crippen LogP contribution >= 0.6 is 23.1 Å². The molecule has 2 aromatic rings. The molecule has 2 heterocycles. The minimum Gasteiger partial charge on any atom is -0.368 e. The number of aromatic nitrogens is 1. The Morgan fingerprint density at radius 3 is 2.84 bits per heavy atom. The Morgan fingerprint density at radius 2 is 2.16 bits per heavy atom. The minimum absolute atomic E-state index is 0.0469. The quantitative estimate of drug-likeness (QED) is 0.904. The summed E-state index contributed by atoms with van der Waals surface area (Å²) in [5.74, 6) is -1.12. The zero-order chi connectivity index (χ0) is 13.4. The summed E-state index contributed by atoms with van der Waals surface area (Å²) in [4.78, 5) is 5.30. The molecule has 2 nitrogen and oxygen atoms in total. The number of benzene rings is 1. The number of hydrogen-bond acceptors (Lipinski definition) is 4. The number of nitrogens with one attached hydrogen (secondary N) is 1. The van der Waals surface area contributed by atoms with Crippen LogP contribution in [0.2, 0.25) is 0 Å². The second-order valence-corrected chi connectivity index (χ2v) is 6.34. The molecule has 0 amide bonds. The molecule has 6 heteroatoms. The number of nitrogens with zero attached hydrogens (tertiary/aromatic N) is 1. The molecule has 0 spiro atoms. The molecule has 0 radical (unpaired) electrons. The van der Waals surface area contributed by atoms with Crippen molar-refractivity contribution in [2.75, 3.05) is 0 Å². The van der Waals surface area contributed by atoms with Crippen LogP contribution in [0.1, 0.15) is 20.8 Å². The van der Waals surface area contributed by atoms with Crippen LogP contribution in [0.15, 0.2) is 29.8 Å². The predicted octanol–water partition coefficient (Wildman–Crippen LogP) is 4.06. The van der Waals surface area contributed by atoms with Crippen LogP contribution in [0.4, 0.5) is 8.78 Å². The van der Waals surface area contributed by atoms with Crippen molar-refractivity contribution in [2.24, 2.45) is 0 Å². The lowest BCUT2D eigenvalue weighted by Gasteiger charge is -2.11. The van der Waals surface area contributed by atoms with E-state index in [0.717, 1.165) is 16.0 Å². The Bertz CT molecular complexity index is 652. The largest absolute Gasteiger partial charge is 0.368 e. The monoisotopic (exact) mass is 296 g/mol. The van der Waals surface area contributed by atoms with Crippen LogP contribution in [0.3, 0.4) is 0 Å². The van der Waals surface area contributed by atoms with Crippen molar-refractivity contribution in [2.45, 2.75) is 12.3 Å². The molecule has 0 saturated heterocycles. The average Bonchev–Trinajstić information content (AvgIpc) is 2.97. The average molecular weight is 296 g/mol. The van der Waals surface area contributed by atoms with E-state index in [4.69, 9.17) is 0 Å². The van der Waals surface area contributed by atoms with Crippen molar-refractivity contribution in [3.05, 3.63) is 56.9 Å². The maximum absolute atomic E-state index is 13.7. The Hall–Kier alpha value is -1.40. The molecule has 19 heavy (non-hydrogen) atoms. The van der Waals surface area contributed by atoms with Crippen LogP contribution in [-0.2, 0) is 0 Å². The highest BCUT2D eigenvalue weighted by atomic mass is 32.2. The number of halogens is 2. The van der Waals surface area contributed by atoms with E-state index in [1.807, 2.05) is 18.5 Å². The third-order valence-electron chi connectivity index (χ3n) is 2.73. The van der Waals surface area contributed by atoms with Crippen molar-refractivity contribution in [1.29, 1.82) is 0 Å². The lowest BCUT2D eigenvalue weighted by Crippen LogP contribution is -2.12. The van der Waals surface area contributed by atoms with E-state index < -0.39 is 11.6 Å². The fourth-order valence-corrected chi connectivity index (χ4v) is 3.72. The lowest BCUT2D eigenvalue weighted by atomic mass is 10.1. The number of rotatable bonds is 2. The molecule has 1 atom stereocenters. The number of thiazole rings is 1. The Kier molecular flexibility index (Phi) is 3.28. The molecule has 0 aliphatic carbocycles. The first kappa shape index (κ1) is 12.6. The molecule has 1 aromatic heterocycles. The van der Waals surface area contributed by atoms with Crippen molar-refractivity contribution in [3.63, 3.8) is 0 Å². The summed E-state index contributed by atoms with van der Waals surface area (Å²) in [6.45, 7) is 1.95. The summed E-state index contributed by atoms with van der Waals surface area (Å²) in [5.41, 5.74) is 1.07. The molecule has 3 rings (SSSR count). The molecular formula is C13H10F2N2S2. The fraction of sp³-hybridized carbons (Fsp3) is 0.154. The van der Waals surface area contributed by atoms with Crippen LogP contribution in [0.5, 0.6) is 0 Å². The van der Waals surface area contributed by atoms with Crippen molar-refractivity contribution < 1.29 is 8.78 Å². The van der Waals surface area contributed by atoms with Gasteiger partial charge in [-0.15, -0.1) is 23.1 Å². The summed E-state index contributed by atoms with van der Waals surface area (Å²) < 4.78 is 26.6. The third kappa shape index (κ3) is 2.50. The van der Waals surface area contributed by atoms with E-state index in [0.29, 0.717) is 11.3 Å². The topological polar surface area (TPSA) is 24.9 Å². The molecule has 0 fully saturated rings. The summed E-state index contributed by atoms with van der Waals surface area (Å²) in [5, 5.41) is 6.13. The first-order valence-corrected chi connectivity index (χ1v) is 7.39. The fourth-order valence-electron chi connectivity index (χ4n) is 1.83. The molecule has 98 valence electrons. The number of aryl methyl sites for hydroxylation is 1. The van der Waals surface area contributed by atoms with Crippen LogP contribution in [-0.4, -0.2) is 4.98 Å². The van der Waals surface area contributed by atoms with Crippen LogP contribution in [0, 0.1) is 18.6 Å². The third-order valence-corrected chi connectivity index (χ3v) is 4.87. The highest BCUT2D eigenvalue weighted by molar-refractivity contribution is 8.02. The van der Waals surface area contributed by atoms with E-state index in [1.54, 1.807) is 23.1 Å². The summed E-state index contributed by atoms with van der Waals surface area (Å²) >= 11 is 3.17. The zero-order valence-corrected chi connectivity index (χ0v) is 11.6. The van der Waals surface area contributed by atoms with Gasteiger partial charge in [-0.2, -0.15) is 0 Å². The molecule has 1 aromatic carbocycles. The Morgan fingerprint density at radius 1 is 1.32 bits per heavy atom. The second-order valence-electron chi connectivity index (χ2n) is 4.10. The molecular weight excluding hydrogens is 286 g/mol. The van der Waals surface area contributed by atoms with Gasteiger partial charge in [0.2, 0.25) is 0 Å². The van der Waals surface area contributed by atoms with E-state index in [2.05, 4.69) is 10.3 Å². The number of hydrogen-bond donors (Lipinski definition) is 1. The van der Waals surface area contributed by atoms with Gasteiger partial charge >= 0.3 is 0 Å². The van der Waals surface area contributed by atoms with Gasteiger partial charge < -0.3 is 5.32 Å². The van der Waals surface area contributed by atoms with Gasteiger partial charge in [-0.3, -0.25) is 0 Å². The normalized spacial score (nSPS) is 18.3. The van der Waals surface area contributed by atoms with Crippen molar-refractivity contribution in [3.8, 4) is 0 Å². The SMILES string of the molecule is Cc1ncc(C2NC(c3ccc(F)cc3F)=CS2)s1. The minimum atomic E-state index is -0.567. The summed E-state index contributed by atoms with van der Waals surface area (Å²) in [7, 11) is 0. The molecule has 0 saturated carbocycles. The Labute approximate surface area is 117 Å². The van der Waals surface area contributed by atoms with Gasteiger partial charge in [0.1, 0.15) is 17.0 Å². The van der Waals surface area contributed by atoms with Crippen molar-refractivity contribution in [1.82, 2.24) is 10.3 Å². The van der Waals surface area contributed by atoms with Gasteiger partial charge in [0, 0.05) is 17.8 Å². The van der Waals surface area contributed by atoms with E-state index >= 15 is 0 Å². The molecule has 1 N–H and O–H groups in total. The molecule has 0 bridgehead atoms. The van der Waals surface area contributed by atoms with Gasteiger partial charge in [0.25, 0.3) is 0 Å².